The molecule has 0 unspecified atom stereocenters. The number of aromatic nitrogens is 2. The molecule has 0 radical (unpaired) electrons. The second kappa shape index (κ2) is 7.10. The Morgan fingerprint density at radius 3 is 2.83 bits per heavy atom. The molecule has 0 amide bonds. The van der Waals surface area contributed by atoms with Gasteiger partial charge in [0, 0.05) is 6.08 Å². The smallest absolute Gasteiger partial charge is 0.330 e. The summed E-state index contributed by atoms with van der Waals surface area (Å²) in [7, 11) is 2.88. The van der Waals surface area contributed by atoms with Gasteiger partial charge in [-0.3, -0.25) is 0 Å². The van der Waals surface area contributed by atoms with E-state index in [1.165, 1.54) is 30.8 Å². The van der Waals surface area contributed by atoms with Crippen LogP contribution in [0, 0.1) is 0 Å². The van der Waals surface area contributed by atoms with E-state index in [1.807, 2.05) is 17.5 Å². The van der Waals surface area contributed by atoms with Crippen LogP contribution in [0.25, 0.3) is 16.3 Å². The van der Waals surface area contributed by atoms with Gasteiger partial charge < -0.3 is 14.2 Å². The zero-order valence-electron chi connectivity index (χ0n) is 13.1. The molecule has 24 heavy (non-hydrogen) atoms. The van der Waals surface area contributed by atoms with Crippen LogP contribution in [-0.2, 0) is 9.53 Å². The van der Waals surface area contributed by atoms with Crippen LogP contribution in [0.4, 0.5) is 0 Å². The number of thiophene rings is 1. The molecule has 122 valence electrons. The summed E-state index contributed by atoms with van der Waals surface area (Å²) in [5.74, 6) is 1.11. The quantitative estimate of drug-likeness (QED) is 0.520. The number of ether oxygens (including phenoxy) is 3. The maximum atomic E-state index is 11.2. The Balaban J connectivity index is 1.89. The van der Waals surface area contributed by atoms with Crippen molar-refractivity contribution in [1.82, 2.24) is 9.97 Å². The summed E-state index contributed by atoms with van der Waals surface area (Å²) in [5, 5.41) is 2.78. The minimum Gasteiger partial charge on any atom is -0.493 e. The molecule has 2 aromatic heterocycles. The predicted molar refractivity (Wildman–Crippen MR) is 91.5 cm³/mol. The highest BCUT2D eigenvalue weighted by Gasteiger charge is 2.11. The fourth-order valence-electron chi connectivity index (χ4n) is 2.06. The first-order valence-electron chi connectivity index (χ1n) is 7.01. The van der Waals surface area contributed by atoms with Gasteiger partial charge in [0.05, 0.1) is 19.6 Å². The van der Waals surface area contributed by atoms with Crippen LogP contribution in [0.3, 0.4) is 0 Å². The molecule has 0 aliphatic carbocycles. The minimum absolute atomic E-state index is 0.421. The van der Waals surface area contributed by atoms with E-state index in [1.54, 1.807) is 25.3 Å². The van der Waals surface area contributed by atoms with E-state index in [2.05, 4.69) is 14.7 Å². The molecule has 3 aromatic rings. The number of benzene rings is 1. The highest BCUT2D eigenvalue weighted by molar-refractivity contribution is 7.16. The summed E-state index contributed by atoms with van der Waals surface area (Å²) in [5.41, 5.74) is 0.785. The first-order valence-corrected chi connectivity index (χ1v) is 7.89. The molecule has 7 heteroatoms. The van der Waals surface area contributed by atoms with Gasteiger partial charge in [-0.05, 0) is 35.2 Å². The third kappa shape index (κ3) is 3.36. The fraction of sp³-hybridized carbons (Fsp3) is 0.118. The summed E-state index contributed by atoms with van der Waals surface area (Å²) in [6.07, 6.45) is 4.45. The second-order valence-corrected chi connectivity index (χ2v) is 5.58. The Morgan fingerprint density at radius 1 is 1.17 bits per heavy atom. The van der Waals surface area contributed by atoms with Crippen molar-refractivity contribution in [3.63, 3.8) is 0 Å². The Morgan fingerprint density at radius 2 is 2.04 bits per heavy atom. The van der Waals surface area contributed by atoms with E-state index in [0.29, 0.717) is 17.4 Å². The Kier molecular flexibility index (Phi) is 4.72. The predicted octanol–water partition coefficient (Wildman–Crippen LogP) is 3.68. The summed E-state index contributed by atoms with van der Waals surface area (Å²) >= 11 is 1.52. The topological polar surface area (TPSA) is 70.5 Å². The van der Waals surface area contributed by atoms with Crippen molar-refractivity contribution in [2.24, 2.45) is 0 Å². The molecule has 6 nitrogen and oxygen atoms in total. The Hall–Kier alpha value is -2.93. The van der Waals surface area contributed by atoms with Crippen molar-refractivity contribution < 1.29 is 19.0 Å². The van der Waals surface area contributed by atoms with Gasteiger partial charge in [0.2, 0.25) is 5.88 Å². The average molecular weight is 342 g/mol. The number of fused-ring (bicyclic) bond motifs is 1. The number of hydrogen-bond acceptors (Lipinski definition) is 7. The van der Waals surface area contributed by atoms with Crippen molar-refractivity contribution in [3.05, 3.63) is 47.6 Å². The van der Waals surface area contributed by atoms with E-state index in [4.69, 9.17) is 9.47 Å². The lowest BCUT2D eigenvalue weighted by atomic mass is 10.2. The van der Waals surface area contributed by atoms with Gasteiger partial charge >= 0.3 is 5.97 Å². The summed E-state index contributed by atoms with van der Waals surface area (Å²) in [6, 6.07) is 7.25. The molecular weight excluding hydrogens is 328 g/mol. The van der Waals surface area contributed by atoms with Crippen molar-refractivity contribution in [2.75, 3.05) is 14.2 Å². The lowest BCUT2D eigenvalue weighted by Crippen LogP contribution is -1.95. The molecule has 0 aliphatic rings. The van der Waals surface area contributed by atoms with Crippen LogP contribution < -0.4 is 9.47 Å². The molecular formula is C17H14N2O4S. The molecule has 0 saturated carbocycles. The zero-order valence-corrected chi connectivity index (χ0v) is 13.9. The maximum Gasteiger partial charge on any atom is 0.330 e. The number of methoxy groups -OCH3 is 2. The van der Waals surface area contributed by atoms with Crippen molar-refractivity contribution in [1.29, 1.82) is 0 Å². The Bertz CT molecular complexity index is 904. The SMILES string of the molecule is COC(=O)C=Cc1ccc(Oc2ncnc3sccc23)c(OC)c1. The van der Waals surface area contributed by atoms with Gasteiger partial charge in [0.25, 0.3) is 0 Å². The standard InChI is InChI=1S/C17H14N2O4S/c1-21-14-9-11(4-6-15(20)22-2)3-5-13(14)23-16-12-7-8-24-17(12)19-10-18-16/h3-10H,1-2H3. The lowest BCUT2D eigenvalue weighted by Gasteiger charge is -2.10. The van der Waals surface area contributed by atoms with Crippen molar-refractivity contribution >= 4 is 33.6 Å². The Labute approximate surface area is 142 Å². The molecule has 0 atom stereocenters. The zero-order chi connectivity index (χ0) is 16.9. The molecule has 3 rings (SSSR count). The normalized spacial score (nSPS) is 10.9. The molecule has 0 fully saturated rings. The first kappa shape index (κ1) is 15.9. The van der Waals surface area contributed by atoms with Gasteiger partial charge in [0.15, 0.2) is 11.5 Å². The minimum atomic E-state index is -0.421. The molecule has 0 N–H and O–H groups in total. The maximum absolute atomic E-state index is 11.2. The van der Waals surface area contributed by atoms with Crippen molar-refractivity contribution in [3.8, 4) is 17.4 Å². The van der Waals surface area contributed by atoms with Gasteiger partial charge in [0.1, 0.15) is 11.2 Å². The van der Waals surface area contributed by atoms with E-state index >= 15 is 0 Å². The molecule has 0 bridgehead atoms. The van der Waals surface area contributed by atoms with Crippen LogP contribution >= 0.6 is 11.3 Å². The van der Waals surface area contributed by atoms with Crippen LogP contribution in [0.5, 0.6) is 17.4 Å². The molecule has 0 spiro atoms. The molecule has 1 aromatic carbocycles. The molecule has 0 aliphatic heterocycles. The lowest BCUT2D eigenvalue weighted by molar-refractivity contribution is -0.134. The van der Waals surface area contributed by atoms with Crippen LogP contribution in [0.2, 0.25) is 0 Å². The second-order valence-electron chi connectivity index (χ2n) is 4.69. The summed E-state index contributed by atoms with van der Waals surface area (Å²) in [6.45, 7) is 0. The van der Waals surface area contributed by atoms with Crippen molar-refractivity contribution in [2.45, 2.75) is 0 Å². The van der Waals surface area contributed by atoms with Crippen LogP contribution in [0.1, 0.15) is 5.56 Å². The number of carbonyl (C=O) groups is 1. The average Bonchev–Trinajstić information content (AvgIpc) is 3.10. The summed E-state index contributed by atoms with van der Waals surface area (Å²) < 4.78 is 15.8. The molecule has 2 heterocycles. The number of rotatable bonds is 5. The van der Waals surface area contributed by atoms with Gasteiger partial charge in [-0.2, -0.15) is 0 Å². The largest absolute Gasteiger partial charge is 0.493 e. The third-order valence-electron chi connectivity index (χ3n) is 3.23. The number of carbonyl (C=O) groups excluding carboxylic acids is 1. The molecule has 0 saturated heterocycles. The number of esters is 1. The highest BCUT2D eigenvalue weighted by atomic mass is 32.1. The summed E-state index contributed by atoms with van der Waals surface area (Å²) in [4.78, 5) is 20.4. The van der Waals surface area contributed by atoms with E-state index in [-0.39, 0.29) is 0 Å². The van der Waals surface area contributed by atoms with Gasteiger partial charge in [-0.1, -0.05) is 6.07 Å². The highest BCUT2D eigenvalue weighted by Crippen LogP contribution is 2.35. The number of hydrogen-bond donors (Lipinski definition) is 0. The third-order valence-corrected chi connectivity index (χ3v) is 4.05. The van der Waals surface area contributed by atoms with Gasteiger partial charge in [-0.25, -0.2) is 14.8 Å². The van der Waals surface area contributed by atoms with Crippen LogP contribution in [-0.4, -0.2) is 30.2 Å². The fourth-order valence-corrected chi connectivity index (χ4v) is 2.78. The van der Waals surface area contributed by atoms with E-state index < -0.39 is 5.97 Å². The van der Waals surface area contributed by atoms with E-state index in [0.717, 1.165) is 15.8 Å². The number of nitrogens with zero attached hydrogens (tertiary/aromatic N) is 2. The van der Waals surface area contributed by atoms with Crippen LogP contribution in [0.15, 0.2) is 42.0 Å². The van der Waals surface area contributed by atoms with E-state index in [9.17, 15) is 4.79 Å². The monoisotopic (exact) mass is 342 g/mol. The van der Waals surface area contributed by atoms with Gasteiger partial charge in [-0.15, -0.1) is 11.3 Å². The first-order chi connectivity index (χ1) is 11.7.